The van der Waals surface area contributed by atoms with Crippen molar-refractivity contribution in [3.05, 3.63) is 71.3 Å². The fourth-order valence-electron chi connectivity index (χ4n) is 2.44. The van der Waals surface area contributed by atoms with Gasteiger partial charge in [0.25, 0.3) is 0 Å². The molecule has 0 fully saturated rings. The quantitative estimate of drug-likeness (QED) is 0.560. The van der Waals surface area contributed by atoms with Crippen LogP contribution in [-0.4, -0.2) is 19.7 Å². The van der Waals surface area contributed by atoms with Crippen LogP contribution in [0.4, 0.5) is 4.39 Å². The SMILES string of the molecule is Fc1ccc(-n2ncc3c(=S)nc(-c4ccccc4)[nH]c32)cc1. The monoisotopic (exact) mass is 322 g/mol. The molecular formula is C17H11FN4S. The number of hydrogen-bond donors (Lipinski definition) is 1. The Morgan fingerprint density at radius 3 is 2.48 bits per heavy atom. The third-order valence-corrected chi connectivity index (χ3v) is 3.88. The predicted octanol–water partition coefficient (Wildman–Crippen LogP) is 4.28. The van der Waals surface area contributed by atoms with E-state index in [-0.39, 0.29) is 5.82 Å². The van der Waals surface area contributed by atoms with Gasteiger partial charge in [-0.3, -0.25) is 0 Å². The molecule has 6 heteroatoms. The van der Waals surface area contributed by atoms with Crippen molar-refractivity contribution < 1.29 is 4.39 Å². The molecule has 0 aliphatic heterocycles. The van der Waals surface area contributed by atoms with E-state index < -0.39 is 0 Å². The summed E-state index contributed by atoms with van der Waals surface area (Å²) in [7, 11) is 0. The Morgan fingerprint density at radius 1 is 1.00 bits per heavy atom. The van der Waals surface area contributed by atoms with Gasteiger partial charge in [0.2, 0.25) is 0 Å². The first kappa shape index (κ1) is 13.8. The number of benzene rings is 2. The molecule has 0 bridgehead atoms. The van der Waals surface area contributed by atoms with E-state index in [0.29, 0.717) is 10.5 Å². The Morgan fingerprint density at radius 2 is 1.74 bits per heavy atom. The second kappa shape index (κ2) is 5.40. The third-order valence-electron chi connectivity index (χ3n) is 3.57. The van der Waals surface area contributed by atoms with E-state index in [9.17, 15) is 4.39 Å². The molecule has 4 rings (SSSR count). The molecule has 0 atom stereocenters. The van der Waals surface area contributed by atoms with Gasteiger partial charge < -0.3 is 4.98 Å². The van der Waals surface area contributed by atoms with Gasteiger partial charge in [-0.2, -0.15) is 5.10 Å². The molecule has 0 saturated heterocycles. The highest BCUT2D eigenvalue weighted by Crippen LogP contribution is 2.21. The number of hydrogen-bond acceptors (Lipinski definition) is 3. The van der Waals surface area contributed by atoms with Crippen LogP contribution in [0.15, 0.2) is 60.8 Å². The maximum atomic E-state index is 13.1. The summed E-state index contributed by atoms with van der Waals surface area (Å²) in [4.78, 5) is 7.71. The highest BCUT2D eigenvalue weighted by molar-refractivity contribution is 7.71. The largest absolute Gasteiger partial charge is 0.324 e. The highest BCUT2D eigenvalue weighted by atomic mass is 32.1. The van der Waals surface area contributed by atoms with E-state index in [2.05, 4.69) is 15.1 Å². The van der Waals surface area contributed by atoms with Gasteiger partial charge in [-0.25, -0.2) is 14.1 Å². The van der Waals surface area contributed by atoms with Crippen LogP contribution >= 0.6 is 12.2 Å². The molecule has 0 aliphatic rings. The minimum Gasteiger partial charge on any atom is -0.324 e. The van der Waals surface area contributed by atoms with Gasteiger partial charge in [0.15, 0.2) is 0 Å². The van der Waals surface area contributed by atoms with Gasteiger partial charge in [-0.1, -0.05) is 42.5 Å². The molecule has 4 aromatic rings. The zero-order valence-electron chi connectivity index (χ0n) is 11.9. The molecule has 112 valence electrons. The van der Waals surface area contributed by atoms with Crippen LogP contribution in [0.2, 0.25) is 0 Å². The molecule has 23 heavy (non-hydrogen) atoms. The lowest BCUT2D eigenvalue weighted by Gasteiger charge is -2.06. The van der Waals surface area contributed by atoms with Crippen molar-refractivity contribution in [2.75, 3.05) is 0 Å². The van der Waals surface area contributed by atoms with E-state index >= 15 is 0 Å². The number of aromatic nitrogens is 4. The van der Waals surface area contributed by atoms with Gasteiger partial charge in [-0.05, 0) is 24.3 Å². The van der Waals surface area contributed by atoms with Gasteiger partial charge in [0.1, 0.15) is 21.9 Å². The molecule has 2 aromatic heterocycles. The summed E-state index contributed by atoms with van der Waals surface area (Å²) in [5.41, 5.74) is 2.42. The zero-order valence-corrected chi connectivity index (χ0v) is 12.7. The summed E-state index contributed by atoms with van der Waals surface area (Å²) < 4.78 is 15.3. The third kappa shape index (κ3) is 2.43. The summed E-state index contributed by atoms with van der Waals surface area (Å²) in [6.07, 6.45) is 1.67. The molecule has 0 aliphatic carbocycles. The van der Waals surface area contributed by atoms with Crippen molar-refractivity contribution in [1.82, 2.24) is 19.7 Å². The molecule has 0 amide bonds. The predicted molar refractivity (Wildman–Crippen MR) is 89.4 cm³/mol. The Hall–Kier alpha value is -2.86. The number of aromatic amines is 1. The zero-order chi connectivity index (χ0) is 15.8. The van der Waals surface area contributed by atoms with Crippen LogP contribution < -0.4 is 0 Å². The number of H-pyrrole nitrogens is 1. The van der Waals surface area contributed by atoms with Crippen LogP contribution in [0, 0.1) is 10.5 Å². The van der Waals surface area contributed by atoms with Crippen LogP contribution in [0.3, 0.4) is 0 Å². The summed E-state index contributed by atoms with van der Waals surface area (Å²) in [5, 5.41) is 5.10. The Kier molecular flexibility index (Phi) is 3.24. The molecule has 1 N–H and O–H groups in total. The second-order valence-electron chi connectivity index (χ2n) is 5.05. The number of rotatable bonds is 2. The second-order valence-corrected chi connectivity index (χ2v) is 5.44. The van der Waals surface area contributed by atoms with E-state index in [4.69, 9.17) is 12.2 Å². The lowest BCUT2D eigenvalue weighted by molar-refractivity contribution is 0.627. The lowest BCUT2D eigenvalue weighted by Crippen LogP contribution is -1.99. The van der Waals surface area contributed by atoms with Gasteiger partial charge >= 0.3 is 0 Å². The maximum Gasteiger partial charge on any atom is 0.145 e. The fraction of sp³-hybridized carbons (Fsp3) is 0. The summed E-state index contributed by atoms with van der Waals surface area (Å²) in [5.74, 6) is 0.386. The minimum atomic E-state index is -0.287. The van der Waals surface area contributed by atoms with Crippen LogP contribution in [-0.2, 0) is 0 Å². The minimum absolute atomic E-state index is 0.287. The average molecular weight is 322 g/mol. The number of halogens is 1. The summed E-state index contributed by atoms with van der Waals surface area (Å²) in [6.45, 7) is 0. The molecule has 0 radical (unpaired) electrons. The molecule has 2 heterocycles. The maximum absolute atomic E-state index is 13.1. The van der Waals surface area contributed by atoms with Crippen molar-refractivity contribution >= 4 is 23.3 Å². The van der Waals surface area contributed by atoms with Crippen molar-refractivity contribution in [3.63, 3.8) is 0 Å². The fourth-order valence-corrected chi connectivity index (χ4v) is 2.68. The van der Waals surface area contributed by atoms with Crippen LogP contribution in [0.25, 0.3) is 28.1 Å². The normalized spacial score (nSPS) is 11.0. The topological polar surface area (TPSA) is 46.5 Å². The summed E-state index contributed by atoms with van der Waals surface area (Å²) in [6, 6.07) is 15.9. The van der Waals surface area contributed by atoms with Crippen molar-refractivity contribution in [1.29, 1.82) is 0 Å². The van der Waals surface area contributed by atoms with Crippen molar-refractivity contribution in [2.24, 2.45) is 0 Å². The smallest absolute Gasteiger partial charge is 0.145 e. The molecule has 4 nitrogen and oxygen atoms in total. The Balaban J connectivity index is 1.96. The first-order valence-corrected chi connectivity index (χ1v) is 7.42. The van der Waals surface area contributed by atoms with Crippen molar-refractivity contribution in [2.45, 2.75) is 0 Å². The van der Waals surface area contributed by atoms with E-state index in [1.165, 1.54) is 12.1 Å². The lowest BCUT2D eigenvalue weighted by atomic mass is 10.2. The molecule has 0 spiro atoms. The first-order valence-electron chi connectivity index (χ1n) is 7.02. The molecular weight excluding hydrogens is 311 g/mol. The first-order chi connectivity index (χ1) is 11.2. The number of nitrogens with zero attached hydrogens (tertiary/aromatic N) is 3. The van der Waals surface area contributed by atoms with Crippen molar-refractivity contribution in [3.8, 4) is 17.1 Å². The molecule has 0 saturated carbocycles. The van der Waals surface area contributed by atoms with Gasteiger partial charge in [0.05, 0.1) is 17.3 Å². The van der Waals surface area contributed by atoms with Crippen LogP contribution in [0.1, 0.15) is 0 Å². The number of fused-ring (bicyclic) bond motifs is 1. The average Bonchev–Trinajstić information content (AvgIpc) is 3.01. The van der Waals surface area contributed by atoms with Gasteiger partial charge in [-0.15, -0.1) is 0 Å². The Labute approximate surface area is 136 Å². The van der Waals surface area contributed by atoms with E-state index in [1.807, 2.05) is 30.3 Å². The van der Waals surface area contributed by atoms with Gasteiger partial charge in [0, 0.05) is 5.56 Å². The summed E-state index contributed by atoms with van der Waals surface area (Å²) >= 11 is 5.38. The standard InChI is InChI=1S/C17H11FN4S/c18-12-6-8-13(9-7-12)22-16-14(10-19-22)17(23)21-15(20-16)11-4-2-1-3-5-11/h1-10H,(H,20,21,23). The van der Waals surface area contributed by atoms with Crippen LogP contribution in [0.5, 0.6) is 0 Å². The molecule has 2 aromatic carbocycles. The van der Waals surface area contributed by atoms with E-state index in [0.717, 1.165) is 22.3 Å². The molecule has 0 unspecified atom stereocenters. The Bertz CT molecular complexity index is 1040. The number of nitrogens with one attached hydrogen (secondary N) is 1. The van der Waals surface area contributed by atoms with E-state index in [1.54, 1.807) is 23.0 Å². The highest BCUT2D eigenvalue weighted by Gasteiger charge is 2.10.